The lowest BCUT2D eigenvalue weighted by Crippen LogP contribution is -2.24. The summed E-state index contributed by atoms with van der Waals surface area (Å²) in [7, 11) is 0. The van der Waals surface area contributed by atoms with Crippen LogP contribution < -0.4 is 0 Å². The van der Waals surface area contributed by atoms with E-state index in [2.05, 4.69) is 30.6 Å². The van der Waals surface area contributed by atoms with Gasteiger partial charge in [-0.1, -0.05) is 80.2 Å². The summed E-state index contributed by atoms with van der Waals surface area (Å²) in [6.45, 7) is 5.84. The molecule has 0 bridgehead atoms. The van der Waals surface area contributed by atoms with Crippen LogP contribution in [-0.4, -0.2) is 24.8 Å². The summed E-state index contributed by atoms with van der Waals surface area (Å²) in [6.07, 6.45) is 3.92. The molecule has 0 radical (unpaired) electrons. The summed E-state index contributed by atoms with van der Waals surface area (Å²) in [5.74, 6) is -0.188. The molecule has 3 heteroatoms. The molecule has 1 unspecified atom stereocenters. The molecule has 0 N–H and O–H groups in total. The molecule has 0 aliphatic rings. The van der Waals surface area contributed by atoms with Crippen LogP contribution in [0.25, 0.3) is 0 Å². The summed E-state index contributed by atoms with van der Waals surface area (Å²) in [4.78, 5) is 16.8. The Morgan fingerprint density at radius 3 is 2.38 bits per heavy atom. The van der Waals surface area contributed by atoms with Crippen molar-refractivity contribution < 1.29 is 9.53 Å². The Morgan fingerprint density at radius 2 is 1.75 bits per heavy atom. The maximum absolute atomic E-state index is 12.3. The van der Waals surface area contributed by atoms with Crippen LogP contribution in [0.2, 0.25) is 0 Å². The Morgan fingerprint density at radius 1 is 1.12 bits per heavy atom. The predicted molar refractivity (Wildman–Crippen MR) is 98.4 cm³/mol. The highest BCUT2D eigenvalue weighted by atomic mass is 16.5. The van der Waals surface area contributed by atoms with Gasteiger partial charge in [-0.3, -0.25) is 4.99 Å². The van der Waals surface area contributed by atoms with Gasteiger partial charge in [0.15, 0.2) is 6.04 Å². The summed E-state index contributed by atoms with van der Waals surface area (Å²) in [5, 5.41) is 0. The van der Waals surface area contributed by atoms with E-state index in [-0.39, 0.29) is 18.5 Å². The molecule has 0 heterocycles. The third-order valence-corrected chi connectivity index (χ3v) is 3.70. The molecule has 2 aromatic rings. The first-order valence-corrected chi connectivity index (χ1v) is 8.10. The maximum Gasteiger partial charge on any atom is 0.331 e. The van der Waals surface area contributed by atoms with Crippen LogP contribution in [0.3, 0.4) is 0 Å². The second-order valence-electron chi connectivity index (χ2n) is 5.62. The molecule has 3 nitrogen and oxygen atoms in total. The zero-order valence-corrected chi connectivity index (χ0v) is 14.0. The monoisotopic (exact) mass is 321 g/mol. The summed E-state index contributed by atoms with van der Waals surface area (Å²) in [6, 6.07) is 19.4. The van der Waals surface area contributed by atoms with E-state index in [1.807, 2.05) is 54.7 Å². The van der Waals surface area contributed by atoms with E-state index in [0.717, 1.165) is 5.56 Å². The zero-order chi connectivity index (χ0) is 17.2. The first-order valence-electron chi connectivity index (χ1n) is 8.10. The molecule has 0 aliphatic heterocycles. The lowest BCUT2D eigenvalue weighted by atomic mass is 10.0. The van der Waals surface area contributed by atoms with Crippen LogP contribution in [-0.2, 0) is 16.0 Å². The second-order valence-corrected chi connectivity index (χ2v) is 5.62. The fourth-order valence-electron chi connectivity index (χ4n) is 2.35. The predicted octanol–water partition coefficient (Wildman–Crippen LogP) is 4.20. The molecule has 2 atom stereocenters. The summed E-state index contributed by atoms with van der Waals surface area (Å²) in [5.41, 5.74) is 2.22. The zero-order valence-electron chi connectivity index (χ0n) is 14.0. The minimum Gasteiger partial charge on any atom is -0.460 e. The van der Waals surface area contributed by atoms with Crippen molar-refractivity contribution in [1.82, 2.24) is 0 Å². The Bertz CT molecular complexity index is 665. The first-order chi connectivity index (χ1) is 11.7. The second kappa shape index (κ2) is 9.46. The Balaban J connectivity index is 2.11. The normalized spacial score (nSPS) is 13.4. The molecule has 0 saturated carbocycles. The average molecular weight is 321 g/mol. The van der Waals surface area contributed by atoms with Crippen molar-refractivity contribution in [2.75, 3.05) is 6.61 Å². The van der Waals surface area contributed by atoms with E-state index >= 15 is 0 Å². The molecule has 2 aromatic carbocycles. The number of esters is 1. The van der Waals surface area contributed by atoms with E-state index in [9.17, 15) is 4.79 Å². The van der Waals surface area contributed by atoms with Gasteiger partial charge in [-0.15, -0.1) is 0 Å². The van der Waals surface area contributed by atoms with E-state index in [4.69, 9.17) is 4.74 Å². The SMILES string of the molecule is C=CCOC(=O)[C@H](Cc1ccccc1)N=CC(C)c1ccccc1. The van der Waals surface area contributed by atoms with Crippen molar-refractivity contribution in [1.29, 1.82) is 0 Å². The Labute approximate surface area is 143 Å². The first kappa shape index (κ1) is 17.7. The summed E-state index contributed by atoms with van der Waals surface area (Å²) < 4.78 is 5.19. The molecule has 124 valence electrons. The van der Waals surface area contributed by atoms with Crippen LogP contribution >= 0.6 is 0 Å². The third-order valence-electron chi connectivity index (χ3n) is 3.70. The molecule has 0 spiro atoms. The fraction of sp³-hybridized carbons (Fsp3) is 0.238. The molecule has 0 aromatic heterocycles. The maximum atomic E-state index is 12.3. The number of ether oxygens (including phenoxy) is 1. The fourth-order valence-corrected chi connectivity index (χ4v) is 2.35. The minimum absolute atomic E-state index is 0.136. The number of nitrogens with zero attached hydrogens (tertiary/aromatic N) is 1. The van der Waals surface area contributed by atoms with Crippen molar-refractivity contribution in [2.24, 2.45) is 4.99 Å². The van der Waals surface area contributed by atoms with Crippen LogP contribution in [0.15, 0.2) is 78.3 Å². The van der Waals surface area contributed by atoms with E-state index in [0.29, 0.717) is 6.42 Å². The van der Waals surface area contributed by atoms with Crippen molar-refractivity contribution in [3.8, 4) is 0 Å². The minimum atomic E-state index is -0.543. The van der Waals surface area contributed by atoms with Gasteiger partial charge in [0.05, 0.1) is 0 Å². The third kappa shape index (κ3) is 5.51. The number of carbonyl (C=O) groups is 1. The van der Waals surface area contributed by atoms with Crippen LogP contribution in [0.4, 0.5) is 0 Å². The number of carbonyl (C=O) groups excluding carboxylic acids is 1. The van der Waals surface area contributed by atoms with Gasteiger partial charge < -0.3 is 4.74 Å². The number of rotatable bonds is 8. The van der Waals surface area contributed by atoms with Crippen molar-refractivity contribution in [2.45, 2.75) is 25.3 Å². The lowest BCUT2D eigenvalue weighted by Gasteiger charge is -2.13. The van der Waals surface area contributed by atoms with Crippen LogP contribution in [0.1, 0.15) is 24.0 Å². The van der Waals surface area contributed by atoms with E-state index < -0.39 is 6.04 Å². The number of aliphatic imine (C=N–C) groups is 1. The average Bonchev–Trinajstić information content (AvgIpc) is 2.64. The number of hydrogen-bond acceptors (Lipinski definition) is 3. The van der Waals surface area contributed by atoms with Gasteiger partial charge in [0.25, 0.3) is 0 Å². The van der Waals surface area contributed by atoms with Gasteiger partial charge in [0.2, 0.25) is 0 Å². The molecule has 0 aliphatic carbocycles. The standard InChI is InChI=1S/C21H23NO2/c1-3-14-24-21(23)20(15-18-10-6-4-7-11-18)22-16-17(2)19-12-8-5-9-13-19/h3-13,16-17,20H,1,14-15H2,2H3/t17?,20-/m0/s1. The number of hydrogen-bond donors (Lipinski definition) is 0. The molecule has 24 heavy (non-hydrogen) atoms. The molecule has 2 rings (SSSR count). The highest BCUT2D eigenvalue weighted by Crippen LogP contribution is 2.14. The van der Waals surface area contributed by atoms with Gasteiger partial charge >= 0.3 is 5.97 Å². The Hall–Kier alpha value is -2.68. The largest absolute Gasteiger partial charge is 0.460 e. The molecule has 0 amide bonds. The van der Waals surface area contributed by atoms with Crippen LogP contribution in [0, 0.1) is 0 Å². The van der Waals surface area contributed by atoms with Gasteiger partial charge in [0.1, 0.15) is 6.61 Å². The molecular weight excluding hydrogens is 298 g/mol. The molecule has 0 fully saturated rings. The Kier molecular flexibility index (Phi) is 6.96. The van der Waals surface area contributed by atoms with Gasteiger partial charge in [-0.25, -0.2) is 4.79 Å². The topological polar surface area (TPSA) is 38.7 Å². The molecule has 0 saturated heterocycles. The van der Waals surface area contributed by atoms with Gasteiger partial charge in [0, 0.05) is 18.6 Å². The number of benzene rings is 2. The highest BCUT2D eigenvalue weighted by Gasteiger charge is 2.19. The lowest BCUT2D eigenvalue weighted by molar-refractivity contribution is -0.143. The van der Waals surface area contributed by atoms with Crippen LogP contribution in [0.5, 0.6) is 0 Å². The van der Waals surface area contributed by atoms with Crippen molar-refractivity contribution >= 4 is 12.2 Å². The van der Waals surface area contributed by atoms with Crippen molar-refractivity contribution in [3.63, 3.8) is 0 Å². The van der Waals surface area contributed by atoms with Gasteiger partial charge in [-0.2, -0.15) is 0 Å². The smallest absolute Gasteiger partial charge is 0.331 e. The summed E-state index contributed by atoms with van der Waals surface area (Å²) >= 11 is 0. The van der Waals surface area contributed by atoms with Crippen molar-refractivity contribution in [3.05, 3.63) is 84.4 Å². The van der Waals surface area contributed by atoms with E-state index in [1.54, 1.807) is 6.08 Å². The van der Waals surface area contributed by atoms with Gasteiger partial charge in [-0.05, 0) is 11.1 Å². The molecular formula is C21H23NO2. The quantitative estimate of drug-likeness (QED) is 0.415. The highest BCUT2D eigenvalue weighted by molar-refractivity contribution is 5.79. The van der Waals surface area contributed by atoms with E-state index in [1.165, 1.54) is 5.56 Å².